The Morgan fingerprint density at radius 2 is 0.556 bits per heavy atom. The van der Waals surface area contributed by atoms with Crippen LogP contribution in [0.4, 0.5) is 0 Å². The quantitative estimate of drug-likeness (QED) is 0.395. The first-order valence-corrected chi connectivity index (χ1v) is 0.816. The zero-order valence-electron chi connectivity index (χ0n) is 4.83. The van der Waals surface area contributed by atoms with Gasteiger partial charge in [0.2, 0.25) is 0 Å². The third-order valence-electron chi connectivity index (χ3n) is 0. The molecule has 0 fully saturated rings. The Labute approximate surface area is 74.5 Å². The summed E-state index contributed by atoms with van der Waals surface area (Å²) in [5, 5.41) is 16.5. The van der Waals surface area contributed by atoms with Gasteiger partial charge in [-0.05, 0) is 0 Å². The van der Waals surface area contributed by atoms with Gasteiger partial charge in [-0.25, -0.2) is 0 Å². The second-order valence-corrected chi connectivity index (χ2v) is 0. The average molecular weight is 376 g/mol. The molecule has 0 aliphatic carbocycles. The summed E-state index contributed by atoms with van der Waals surface area (Å²) in [5.74, 6) is 0. The zero-order chi connectivity index (χ0) is 4.00. The molecule has 0 saturated carbocycles. The minimum Gasteiger partial charge on any atom is -1.00 e. The molecule has 0 N–H and O–H groups in total. The van der Waals surface area contributed by atoms with E-state index in [9.17, 15) is 0 Å². The van der Waals surface area contributed by atoms with E-state index in [-0.39, 0.29) is 49.9 Å². The Balaban J connectivity index is -0.00000000114. The van der Waals surface area contributed by atoms with E-state index in [0.717, 1.165) is 14.2 Å². The molecule has 0 radical (unpaired) electrons. The Morgan fingerprint density at radius 1 is 0.556 bits per heavy atom. The van der Waals surface area contributed by atoms with E-state index in [1.165, 1.54) is 0 Å². The number of halogens is 4. The SMILES string of the molecule is C[O-].C[O-].[F-].[F-].[F-].[F-].[U]. The normalized spacial score (nSPS) is 1.33. The molecule has 2 nitrogen and oxygen atoms in total. The summed E-state index contributed by atoms with van der Waals surface area (Å²) >= 11 is 0. The molecular formula is C2H6F4O2U-6. The van der Waals surface area contributed by atoms with Crippen LogP contribution in [-0.4, -0.2) is 14.2 Å². The van der Waals surface area contributed by atoms with Gasteiger partial charge in [-0.2, -0.15) is 14.2 Å². The molecule has 0 aliphatic heterocycles. The third kappa shape index (κ3) is 813. The predicted octanol–water partition coefficient (Wildman–Crippen LogP) is -14.0. The van der Waals surface area contributed by atoms with Crippen LogP contribution in [0.25, 0.3) is 0 Å². The minimum absolute atomic E-state index is 0. The molecule has 0 saturated heterocycles. The van der Waals surface area contributed by atoms with E-state index in [1.54, 1.807) is 0 Å². The van der Waals surface area contributed by atoms with Crippen LogP contribution in [-0.2, 0) is 0 Å². The van der Waals surface area contributed by atoms with E-state index in [2.05, 4.69) is 0 Å². The van der Waals surface area contributed by atoms with Crippen molar-refractivity contribution in [2.24, 2.45) is 0 Å². The monoisotopic (exact) mass is 376 g/mol. The predicted molar refractivity (Wildman–Crippen MR) is 11.8 cm³/mol. The molecule has 7 heteroatoms. The van der Waals surface area contributed by atoms with Crippen LogP contribution in [0, 0.1) is 31.1 Å². The maximum absolute atomic E-state index is 8.25. The fourth-order valence-corrected chi connectivity index (χ4v) is 0. The van der Waals surface area contributed by atoms with Crippen LogP contribution in [0.1, 0.15) is 0 Å². The first kappa shape index (κ1) is 101. The van der Waals surface area contributed by atoms with Gasteiger partial charge < -0.3 is 29.0 Å². The molecule has 0 atom stereocenters. The van der Waals surface area contributed by atoms with Crippen molar-refractivity contribution < 1.29 is 60.1 Å². The van der Waals surface area contributed by atoms with Gasteiger partial charge in [0.05, 0.1) is 0 Å². The summed E-state index contributed by atoms with van der Waals surface area (Å²) in [6.07, 6.45) is 0. The summed E-state index contributed by atoms with van der Waals surface area (Å²) in [4.78, 5) is 0. The van der Waals surface area contributed by atoms with E-state index in [0.29, 0.717) is 0 Å². The molecule has 0 unspecified atom stereocenters. The van der Waals surface area contributed by atoms with Gasteiger partial charge in [0.15, 0.2) is 0 Å². The first-order valence-electron chi connectivity index (χ1n) is 0.816. The molecule has 0 spiro atoms. The van der Waals surface area contributed by atoms with Gasteiger partial charge >= 0.3 is 0 Å². The molecule has 0 aromatic carbocycles. The largest absolute Gasteiger partial charge is 1.00 e. The van der Waals surface area contributed by atoms with Crippen LogP contribution in [0.2, 0.25) is 0 Å². The van der Waals surface area contributed by atoms with Crippen molar-refractivity contribution in [2.45, 2.75) is 0 Å². The van der Waals surface area contributed by atoms with Crippen LogP contribution in [0.15, 0.2) is 0 Å². The Bertz CT molecular complexity index is 16.5. The van der Waals surface area contributed by atoms with Gasteiger partial charge in [0, 0.05) is 31.1 Å². The topological polar surface area (TPSA) is 46.1 Å². The molecular weight excluding hydrogens is 370 g/mol. The summed E-state index contributed by atoms with van der Waals surface area (Å²) in [7, 11) is 1.50. The standard InChI is InChI=1S/2CH3O.4FH.U/c2*1-2;;;;;/h2*1H3;4*1H;/q2*-1;;;;;/p-4. The molecule has 0 rings (SSSR count). The Kier molecular flexibility index (Phi) is 12100. The molecule has 0 aromatic heterocycles. The van der Waals surface area contributed by atoms with Crippen LogP contribution >= 0.6 is 0 Å². The van der Waals surface area contributed by atoms with Gasteiger partial charge in [0.1, 0.15) is 0 Å². The first-order chi connectivity index (χ1) is 2.00. The molecule has 0 amide bonds. The van der Waals surface area contributed by atoms with E-state index < -0.39 is 0 Å². The van der Waals surface area contributed by atoms with E-state index in [1.807, 2.05) is 0 Å². The molecule has 0 bridgehead atoms. The van der Waals surface area contributed by atoms with Gasteiger partial charge in [-0.3, -0.25) is 0 Å². The summed E-state index contributed by atoms with van der Waals surface area (Å²) in [5.41, 5.74) is 0. The Hall–Kier alpha value is 0.692. The zero-order valence-corrected chi connectivity index (χ0v) is 8.99. The molecule has 64 valence electrons. The second kappa shape index (κ2) is 1070. The molecule has 0 heterocycles. The number of hydrogen-bond donors (Lipinski definition) is 0. The maximum atomic E-state index is 8.25. The van der Waals surface area contributed by atoms with Crippen LogP contribution in [0.3, 0.4) is 0 Å². The summed E-state index contributed by atoms with van der Waals surface area (Å²) < 4.78 is 0. The van der Waals surface area contributed by atoms with Gasteiger partial charge in [-0.15, -0.1) is 0 Å². The smallest absolute Gasteiger partial charge is 0 e. The Morgan fingerprint density at radius 3 is 0.556 bits per heavy atom. The van der Waals surface area contributed by atoms with Crippen LogP contribution < -0.4 is 29.0 Å². The third-order valence-corrected chi connectivity index (χ3v) is 0. The van der Waals surface area contributed by atoms with Crippen molar-refractivity contribution in [1.29, 1.82) is 0 Å². The molecule has 0 aromatic rings. The number of rotatable bonds is 0. The maximum Gasteiger partial charge on any atom is 0 e. The van der Waals surface area contributed by atoms with E-state index >= 15 is 0 Å². The minimum atomic E-state index is 0. The van der Waals surface area contributed by atoms with Crippen molar-refractivity contribution in [1.82, 2.24) is 0 Å². The average Bonchev–Trinajstić information content (AvgIpc) is 1.50. The summed E-state index contributed by atoms with van der Waals surface area (Å²) in [6.45, 7) is 0. The van der Waals surface area contributed by atoms with Crippen molar-refractivity contribution in [2.75, 3.05) is 14.2 Å². The van der Waals surface area contributed by atoms with Gasteiger partial charge in [-0.1, -0.05) is 0 Å². The molecule has 0 aliphatic rings. The molecule has 9 heavy (non-hydrogen) atoms. The second-order valence-electron chi connectivity index (χ2n) is 0. The fraction of sp³-hybridized carbons (Fsp3) is 1.00. The van der Waals surface area contributed by atoms with E-state index in [4.69, 9.17) is 10.2 Å². The fourth-order valence-electron chi connectivity index (χ4n) is 0. The number of hydrogen-bond acceptors (Lipinski definition) is 2. The van der Waals surface area contributed by atoms with Crippen molar-refractivity contribution in [3.8, 4) is 0 Å². The van der Waals surface area contributed by atoms with Crippen LogP contribution in [0.5, 0.6) is 0 Å². The van der Waals surface area contributed by atoms with Crippen molar-refractivity contribution in [3.05, 3.63) is 0 Å². The van der Waals surface area contributed by atoms with Crippen molar-refractivity contribution >= 4 is 0 Å². The van der Waals surface area contributed by atoms with Crippen molar-refractivity contribution in [3.63, 3.8) is 0 Å². The van der Waals surface area contributed by atoms with Gasteiger partial charge in [0.25, 0.3) is 0 Å². The summed E-state index contributed by atoms with van der Waals surface area (Å²) in [6, 6.07) is 0.